The maximum atomic E-state index is 12.3. The lowest BCUT2D eigenvalue weighted by Crippen LogP contribution is -2.28. The van der Waals surface area contributed by atoms with Gasteiger partial charge in [-0.2, -0.15) is 0 Å². The molecule has 0 spiro atoms. The Kier molecular flexibility index (Phi) is 6.65. The molecule has 29 heavy (non-hydrogen) atoms. The average Bonchev–Trinajstić information content (AvgIpc) is 3.07. The zero-order valence-corrected chi connectivity index (χ0v) is 16.8. The van der Waals surface area contributed by atoms with Gasteiger partial charge in [-0.15, -0.1) is 0 Å². The summed E-state index contributed by atoms with van der Waals surface area (Å²) in [7, 11) is 0. The maximum absolute atomic E-state index is 12.3. The number of hydrogen-bond donors (Lipinski definition) is 1. The van der Waals surface area contributed by atoms with Gasteiger partial charge in [-0.3, -0.25) is 14.4 Å². The molecule has 2 amide bonds. The van der Waals surface area contributed by atoms with Crippen molar-refractivity contribution >= 4 is 23.5 Å². The van der Waals surface area contributed by atoms with Crippen LogP contribution in [0.1, 0.15) is 37.3 Å². The van der Waals surface area contributed by atoms with Crippen molar-refractivity contribution in [3.05, 3.63) is 65.7 Å². The quantitative estimate of drug-likeness (QED) is 0.731. The molecular weight excluding hydrogens is 368 g/mol. The summed E-state index contributed by atoms with van der Waals surface area (Å²) in [5.41, 5.74) is 2.75. The molecule has 0 aliphatic carbocycles. The van der Waals surface area contributed by atoms with Gasteiger partial charge in [-0.05, 0) is 23.1 Å². The molecule has 2 aromatic carbocycles. The molecule has 1 atom stereocenters. The van der Waals surface area contributed by atoms with Crippen LogP contribution >= 0.6 is 0 Å². The van der Waals surface area contributed by atoms with Crippen LogP contribution < -0.4 is 5.32 Å². The number of carbonyl (C=O) groups is 3. The monoisotopic (exact) mass is 394 g/mol. The fraction of sp³-hybridized carbons (Fsp3) is 0.348. The van der Waals surface area contributed by atoms with E-state index in [2.05, 4.69) is 5.32 Å². The van der Waals surface area contributed by atoms with Gasteiger partial charge in [-0.25, -0.2) is 0 Å². The largest absolute Gasteiger partial charge is 0.455 e. The number of carbonyl (C=O) groups excluding carboxylic acids is 3. The highest BCUT2D eigenvalue weighted by atomic mass is 16.5. The van der Waals surface area contributed by atoms with Crippen LogP contribution in [0.15, 0.2) is 54.6 Å². The third-order valence-corrected chi connectivity index (χ3v) is 4.97. The number of likely N-dealkylation sites (tertiary alicyclic amines) is 1. The molecule has 0 aromatic heterocycles. The number of esters is 1. The zero-order valence-electron chi connectivity index (χ0n) is 16.8. The van der Waals surface area contributed by atoms with E-state index in [1.54, 1.807) is 4.90 Å². The summed E-state index contributed by atoms with van der Waals surface area (Å²) in [5, 5.41) is 2.79. The molecule has 6 nitrogen and oxygen atoms in total. The van der Waals surface area contributed by atoms with E-state index in [1.165, 1.54) is 0 Å². The van der Waals surface area contributed by atoms with Crippen LogP contribution in [0.2, 0.25) is 0 Å². The third kappa shape index (κ3) is 5.44. The van der Waals surface area contributed by atoms with Crippen molar-refractivity contribution in [3.8, 4) is 0 Å². The summed E-state index contributed by atoms with van der Waals surface area (Å²) in [6.45, 7) is 4.50. The van der Waals surface area contributed by atoms with Crippen molar-refractivity contribution in [3.63, 3.8) is 0 Å². The lowest BCUT2D eigenvalue weighted by molar-refractivity contribution is -0.151. The summed E-state index contributed by atoms with van der Waals surface area (Å²) in [6, 6.07) is 17.2. The van der Waals surface area contributed by atoms with E-state index in [-0.39, 0.29) is 24.9 Å². The predicted molar refractivity (Wildman–Crippen MR) is 110 cm³/mol. The molecule has 0 radical (unpaired) electrons. The number of hydrogen-bond acceptors (Lipinski definition) is 4. The summed E-state index contributed by atoms with van der Waals surface area (Å²) >= 11 is 0. The molecule has 152 valence electrons. The van der Waals surface area contributed by atoms with E-state index < -0.39 is 17.8 Å². The molecular formula is C23H26N2O4. The van der Waals surface area contributed by atoms with Crippen LogP contribution in [0.5, 0.6) is 0 Å². The van der Waals surface area contributed by atoms with Crippen LogP contribution in [0.4, 0.5) is 5.69 Å². The second kappa shape index (κ2) is 9.37. The van der Waals surface area contributed by atoms with Gasteiger partial charge in [-0.1, -0.05) is 62.4 Å². The molecule has 1 fully saturated rings. The van der Waals surface area contributed by atoms with E-state index in [0.29, 0.717) is 18.8 Å². The van der Waals surface area contributed by atoms with E-state index in [1.807, 2.05) is 68.4 Å². The summed E-state index contributed by atoms with van der Waals surface area (Å²) in [5.74, 6) is -1.26. The van der Waals surface area contributed by atoms with Gasteiger partial charge in [0.1, 0.15) is 0 Å². The van der Waals surface area contributed by atoms with Gasteiger partial charge in [0.05, 0.1) is 5.92 Å². The molecule has 0 unspecified atom stereocenters. The third-order valence-electron chi connectivity index (χ3n) is 4.97. The van der Waals surface area contributed by atoms with Gasteiger partial charge in [0, 0.05) is 25.2 Å². The van der Waals surface area contributed by atoms with Gasteiger partial charge >= 0.3 is 5.97 Å². The number of nitrogens with zero attached hydrogens (tertiary/aromatic N) is 1. The van der Waals surface area contributed by atoms with E-state index >= 15 is 0 Å². The van der Waals surface area contributed by atoms with Crippen molar-refractivity contribution in [2.75, 3.05) is 18.5 Å². The molecule has 0 bridgehead atoms. The van der Waals surface area contributed by atoms with E-state index in [9.17, 15) is 14.4 Å². The van der Waals surface area contributed by atoms with Gasteiger partial charge in [0.15, 0.2) is 6.61 Å². The normalized spacial score (nSPS) is 16.2. The highest BCUT2D eigenvalue weighted by molar-refractivity contribution is 5.94. The Balaban J connectivity index is 1.49. The lowest BCUT2D eigenvalue weighted by atomic mass is 10.0. The van der Waals surface area contributed by atoms with E-state index in [0.717, 1.165) is 11.1 Å². The first kappa shape index (κ1) is 20.6. The molecule has 1 heterocycles. The molecule has 1 saturated heterocycles. The van der Waals surface area contributed by atoms with Gasteiger partial charge in [0.2, 0.25) is 5.91 Å². The van der Waals surface area contributed by atoms with Crippen molar-refractivity contribution < 1.29 is 19.1 Å². The fourth-order valence-electron chi connectivity index (χ4n) is 3.44. The minimum atomic E-state index is -0.540. The number of rotatable bonds is 7. The van der Waals surface area contributed by atoms with Gasteiger partial charge in [0.25, 0.3) is 5.91 Å². The molecule has 6 heteroatoms. The number of anilines is 1. The number of benzene rings is 2. The smallest absolute Gasteiger partial charge is 0.311 e. The standard InChI is InChI=1S/C23H26N2O4/c1-16(2)19-10-6-7-11-20(19)24-21(26)15-29-23(28)18-12-22(27)25(14-18)13-17-8-4-3-5-9-17/h3-11,16,18H,12-15H2,1-2H3,(H,24,26)/t18-/m1/s1. The van der Waals surface area contributed by atoms with Crippen molar-refractivity contribution in [1.29, 1.82) is 0 Å². The molecule has 1 N–H and O–H groups in total. The summed E-state index contributed by atoms with van der Waals surface area (Å²) < 4.78 is 5.18. The Bertz CT molecular complexity index is 879. The second-order valence-corrected chi connectivity index (χ2v) is 7.56. The first-order valence-corrected chi connectivity index (χ1v) is 9.81. The van der Waals surface area contributed by atoms with Crippen molar-refractivity contribution in [2.24, 2.45) is 5.92 Å². The summed E-state index contributed by atoms with van der Waals surface area (Å²) in [6.07, 6.45) is 0.115. The van der Waals surface area contributed by atoms with E-state index in [4.69, 9.17) is 4.74 Å². The molecule has 1 aliphatic heterocycles. The second-order valence-electron chi connectivity index (χ2n) is 7.56. The van der Waals surface area contributed by atoms with Crippen LogP contribution in [0.25, 0.3) is 0 Å². The Morgan fingerprint density at radius 2 is 1.79 bits per heavy atom. The van der Waals surface area contributed by atoms with Crippen LogP contribution in [-0.2, 0) is 25.7 Å². The number of amides is 2. The number of para-hydroxylation sites is 1. The lowest BCUT2D eigenvalue weighted by Gasteiger charge is -2.16. The Morgan fingerprint density at radius 1 is 1.10 bits per heavy atom. The minimum Gasteiger partial charge on any atom is -0.455 e. The highest BCUT2D eigenvalue weighted by Gasteiger charge is 2.35. The van der Waals surface area contributed by atoms with Crippen LogP contribution in [-0.4, -0.2) is 35.8 Å². The molecule has 3 rings (SSSR count). The minimum absolute atomic E-state index is 0.0777. The summed E-state index contributed by atoms with van der Waals surface area (Å²) in [4.78, 5) is 38.4. The average molecular weight is 394 g/mol. The molecule has 2 aromatic rings. The molecule has 0 saturated carbocycles. The van der Waals surface area contributed by atoms with Crippen LogP contribution in [0, 0.1) is 5.92 Å². The number of nitrogens with one attached hydrogen (secondary N) is 1. The van der Waals surface area contributed by atoms with Crippen LogP contribution in [0.3, 0.4) is 0 Å². The Hall–Kier alpha value is -3.15. The first-order chi connectivity index (χ1) is 13.9. The topological polar surface area (TPSA) is 75.7 Å². The van der Waals surface area contributed by atoms with Crippen molar-refractivity contribution in [2.45, 2.75) is 32.7 Å². The predicted octanol–water partition coefficient (Wildman–Crippen LogP) is 3.34. The Morgan fingerprint density at radius 3 is 2.52 bits per heavy atom. The maximum Gasteiger partial charge on any atom is 0.311 e. The van der Waals surface area contributed by atoms with Crippen molar-refractivity contribution in [1.82, 2.24) is 4.90 Å². The number of ether oxygens (including phenoxy) is 1. The Labute approximate surface area is 170 Å². The SMILES string of the molecule is CC(C)c1ccccc1NC(=O)COC(=O)[C@@H]1CC(=O)N(Cc2ccccc2)C1. The first-order valence-electron chi connectivity index (χ1n) is 9.81. The van der Waals surface area contributed by atoms with Gasteiger partial charge < -0.3 is 15.0 Å². The fourth-order valence-corrected chi connectivity index (χ4v) is 3.44. The highest BCUT2D eigenvalue weighted by Crippen LogP contribution is 2.24. The zero-order chi connectivity index (χ0) is 20.8. The molecule has 1 aliphatic rings.